The minimum absolute atomic E-state index is 0.385. The van der Waals surface area contributed by atoms with E-state index in [0.29, 0.717) is 16.8 Å². The minimum atomic E-state index is -0.438. The van der Waals surface area contributed by atoms with Crippen LogP contribution in [0.15, 0.2) is 52.9 Å². The number of aromatic nitrogens is 2. The molecule has 1 atom stereocenters. The van der Waals surface area contributed by atoms with Gasteiger partial charge in [-0.05, 0) is 30.2 Å². The van der Waals surface area contributed by atoms with Crippen molar-refractivity contribution in [3.8, 4) is 11.5 Å². The van der Waals surface area contributed by atoms with E-state index >= 15 is 0 Å². The maximum Gasteiger partial charge on any atom is 0.248 e. The first-order chi connectivity index (χ1) is 10.1. The zero-order chi connectivity index (χ0) is 14.8. The maximum absolute atomic E-state index is 6.15. The van der Waals surface area contributed by atoms with Crippen LogP contribution in [0.2, 0.25) is 5.02 Å². The van der Waals surface area contributed by atoms with Crippen molar-refractivity contribution in [1.82, 2.24) is 10.2 Å². The summed E-state index contributed by atoms with van der Waals surface area (Å²) in [7, 11) is 0. The van der Waals surface area contributed by atoms with Crippen molar-refractivity contribution >= 4 is 11.6 Å². The third kappa shape index (κ3) is 2.82. The monoisotopic (exact) mass is 299 g/mol. The number of hydrogen-bond donors (Lipinski definition) is 1. The van der Waals surface area contributed by atoms with Crippen LogP contribution in [-0.2, 0) is 0 Å². The molecule has 2 aromatic carbocycles. The molecule has 5 heteroatoms. The van der Waals surface area contributed by atoms with E-state index in [-0.39, 0.29) is 0 Å². The normalized spacial score (nSPS) is 12.3. The van der Waals surface area contributed by atoms with Crippen molar-refractivity contribution in [2.24, 2.45) is 5.73 Å². The number of nitrogens with two attached hydrogens (primary N) is 1. The van der Waals surface area contributed by atoms with E-state index in [9.17, 15) is 0 Å². The van der Waals surface area contributed by atoms with Gasteiger partial charge in [0, 0.05) is 10.6 Å². The lowest BCUT2D eigenvalue weighted by atomic mass is 10.1. The Morgan fingerprint density at radius 1 is 1.10 bits per heavy atom. The molecule has 0 amide bonds. The van der Waals surface area contributed by atoms with E-state index in [2.05, 4.69) is 10.2 Å². The third-order valence-electron chi connectivity index (χ3n) is 3.30. The molecule has 0 fully saturated rings. The van der Waals surface area contributed by atoms with Crippen LogP contribution in [0.4, 0.5) is 0 Å². The van der Waals surface area contributed by atoms with E-state index in [4.69, 9.17) is 21.8 Å². The SMILES string of the molecule is Cc1ccc(Cl)cc1-c1nnc(C(N)c2ccccc2)o1. The molecule has 0 aliphatic carbocycles. The van der Waals surface area contributed by atoms with Crippen molar-refractivity contribution in [2.45, 2.75) is 13.0 Å². The van der Waals surface area contributed by atoms with Gasteiger partial charge in [-0.1, -0.05) is 48.0 Å². The summed E-state index contributed by atoms with van der Waals surface area (Å²) in [5.74, 6) is 0.812. The van der Waals surface area contributed by atoms with Gasteiger partial charge < -0.3 is 10.2 Å². The fourth-order valence-corrected chi connectivity index (χ4v) is 2.27. The highest BCUT2D eigenvalue weighted by atomic mass is 35.5. The molecule has 2 N–H and O–H groups in total. The smallest absolute Gasteiger partial charge is 0.248 e. The van der Waals surface area contributed by atoms with Gasteiger partial charge in [-0.25, -0.2) is 0 Å². The van der Waals surface area contributed by atoms with Gasteiger partial charge in [0.15, 0.2) is 0 Å². The molecule has 3 aromatic rings. The molecule has 1 aromatic heterocycles. The van der Waals surface area contributed by atoms with Crippen LogP contribution < -0.4 is 5.73 Å². The van der Waals surface area contributed by atoms with Crippen LogP contribution in [0.5, 0.6) is 0 Å². The van der Waals surface area contributed by atoms with Crippen LogP contribution >= 0.6 is 11.6 Å². The molecule has 3 rings (SSSR count). The molecular formula is C16H14ClN3O. The van der Waals surface area contributed by atoms with Crippen molar-refractivity contribution < 1.29 is 4.42 Å². The van der Waals surface area contributed by atoms with Gasteiger partial charge in [0.1, 0.15) is 6.04 Å². The minimum Gasteiger partial charge on any atom is -0.419 e. The van der Waals surface area contributed by atoms with Gasteiger partial charge in [0.2, 0.25) is 11.8 Å². The Kier molecular flexibility index (Phi) is 3.73. The van der Waals surface area contributed by atoms with Crippen molar-refractivity contribution in [2.75, 3.05) is 0 Å². The molecule has 0 saturated heterocycles. The van der Waals surface area contributed by atoms with Gasteiger partial charge >= 0.3 is 0 Å². The fraction of sp³-hybridized carbons (Fsp3) is 0.125. The van der Waals surface area contributed by atoms with E-state index in [0.717, 1.165) is 16.7 Å². The van der Waals surface area contributed by atoms with E-state index in [1.807, 2.05) is 55.5 Å². The van der Waals surface area contributed by atoms with E-state index in [1.54, 1.807) is 0 Å². The molecule has 0 aliphatic rings. The lowest BCUT2D eigenvalue weighted by molar-refractivity contribution is 0.484. The molecule has 4 nitrogen and oxygen atoms in total. The van der Waals surface area contributed by atoms with Gasteiger partial charge in [0.05, 0.1) is 0 Å². The Bertz CT molecular complexity index is 755. The summed E-state index contributed by atoms with van der Waals surface area (Å²) in [5.41, 5.74) is 8.92. The maximum atomic E-state index is 6.15. The highest BCUT2D eigenvalue weighted by molar-refractivity contribution is 6.30. The summed E-state index contributed by atoms with van der Waals surface area (Å²) >= 11 is 6.02. The summed E-state index contributed by atoms with van der Waals surface area (Å²) in [4.78, 5) is 0. The molecule has 0 aliphatic heterocycles. The third-order valence-corrected chi connectivity index (χ3v) is 3.53. The number of rotatable bonds is 3. The standard InChI is InChI=1S/C16H14ClN3O/c1-10-7-8-12(17)9-13(10)15-19-20-16(21-15)14(18)11-5-3-2-4-6-11/h2-9,14H,18H2,1H3. The zero-order valence-corrected chi connectivity index (χ0v) is 12.2. The van der Waals surface area contributed by atoms with Crippen LogP contribution in [0.1, 0.15) is 23.1 Å². The first kappa shape index (κ1) is 13.8. The summed E-state index contributed by atoms with van der Waals surface area (Å²) in [6.45, 7) is 1.96. The Hall–Kier alpha value is -2.17. The molecular weight excluding hydrogens is 286 g/mol. The largest absolute Gasteiger partial charge is 0.419 e. The van der Waals surface area contributed by atoms with Gasteiger partial charge in [-0.3, -0.25) is 0 Å². The highest BCUT2D eigenvalue weighted by Gasteiger charge is 2.18. The summed E-state index contributed by atoms with van der Waals surface area (Å²) in [6.07, 6.45) is 0. The number of hydrogen-bond acceptors (Lipinski definition) is 4. The van der Waals surface area contributed by atoms with Crippen molar-refractivity contribution in [3.05, 3.63) is 70.6 Å². The number of nitrogens with zero attached hydrogens (tertiary/aromatic N) is 2. The fourth-order valence-electron chi connectivity index (χ4n) is 2.10. The molecule has 1 unspecified atom stereocenters. The Labute approximate surface area is 127 Å². The lowest BCUT2D eigenvalue weighted by Crippen LogP contribution is -2.11. The number of aryl methyl sites for hydroxylation is 1. The van der Waals surface area contributed by atoms with Crippen LogP contribution in [0.25, 0.3) is 11.5 Å². The second-order valence-corrected chi connectivity index (χ2v) is 5.23. The van der Waals surface area contributed by atoms with Crippen LogP contribution in [0, 0.1) is 6.92 Å². The first-order valence-corrected chi connectivity index (χ1v) is 6.93. The van der Waals surface area contributed by atoms with Crippen LogP contribution in [0.3, 0.4) is 0 Å². The first-order valence-electron chi connectivity index (χ1n) is 6.55. The molecule has 1 heterocycles. The molecule has 0 saturated carbocycles. The van der Waals surface area contributed by atoms with E-state index < -0.39 is 6.04 Å². The molecule has 0 spiro atoms. The molecule has 0 radical (unpaired) electrons. The van der Waals surface area contributed by atoms with Gasteiger partial charge in [-0.2, -0.15) is 0 Å². The summed E-state index contributed by atoms with van der Waals surface area (Å²) in [6, 6.07) is 14.8. The summed E-state index contributed by atoms with van der Waals surface area (Å²) < 4.78 is 5.72. The predicted octanol–water partition coefficient (Wildman–Crippen LogP) is 3.75. The second-order valence-electron chi connectivity index (χ2n) is 4.79. The predicted molar refractivity (Wildman–Crippen MR) is 82.0 cm³/mol. The molecule has 21 heavy (non-hydrogen) atoms. The Balaban J connectivity index is 1.95. The second kappa shape index (κ2) is 5.68. The number of benzene rings is 2. The molecule has 0 bridgehead atoms. The Morgan fingerprint density at radius 3 is 2.62 bits per heavy atom. The van der Waals surface area contributed by atoms with E-state index in [1.165, 1.54) is 0 Å². The number of halogens is 1. The average Bonchev–Trinajstić information content (AvgIpc) is 2.99. The zero-order valence-electron chi connectivity index (χ0n) is 11.5. The highest BCUT2D eigenvalue weighted by Crippen LogP contribution is 2.27. The quantitative estimate of drug-likeness (QED) is 0.800. The lowest BCUT2D eigenvalue weighted by Gasteiger charge is -2.06. The topological polar surface area (TPSA) is 64.9 Å². The Morgan fingerprint density at radius 2 is 1.86 bits per heavy atom. The van der Waals surface area contributed by atoms with Gasteiger partial charge in [0.25, 0.3) is 0 Å². The summed E-state index contributed by atoms with van der Waals surface area (Å²) in [5, 5.41) is 8.76. The van der Waals surface area contributed by atoms with Crippen molar-refractivity contribution in [3.63, 3.8) is 0 Å². The van der Waals surface area contributed by atoms with Gasteiger partial charge in [-0.15, -0.1) is 10.2 Å². The molecule has 106 valence electrons. The van der Waals surface area contributed by atoms with Crippen LogP contribution in [-0.4, -0.2) is 10.2 Å². The average molecular weight is 300 g/mol. The van der Waals surface area contributed by atoms with Crippen molar-refractivity contribution in [1.29, 1.82) is 0 Å².